The standard InChI is InChI=1S/C10H9NO2/c12-10(13)8-4-5-9-3-1-2-6-11(9)7-8/h1-3,5-7H,4H2,(H,12,13). The van der Waals surface area contributed by atoms with Crippen LogP contribution in [0.3, 0.4) is 0 Å². The lowest BCUT2D eigenvalue weighted by molar-refractivity contribution is -0.132. The molecule has 0 bridgehead atoms. The Morgan fingerprint density at radius 1 is 1.46 bits per heavy atom. The van der Waals surface area contributed by atoms with Crippen LogP contribution in [0.15, 0.2) is 48.0 Å². The normalized spacial score (nSPS) is 19.2. The van der Waals surface area contributed by atoms with Crippen LogP contribution in [0.4, 0.5) is 0 Å². The van der Waals surface area contributed by atoms with E-state index in [2.05, 4.69) is 0 Å². The van der Waals surface area contributed by atoms with Crippen molar-refractivity contribution in [1.29, 1.82) is 0 Å². The summed E-state index contributed by atoms with van der Waals surface area (Å²) in [5, 5.41) is 8.76. The number of carboxylic acid groups (broad SMARTS) is 1. The van der Waals surface area contributed by atoms with Crippen molar-refractivity contribution >= 4 is 5.97 Å². The van der Waals surface area contributed by atoms with Gasteiger partial charge in [-0.25, -0.2) is 4.79 Å². The van der Waals surface area contributed by atoms with Crippen LogP contribution in [0.2, 0.25) is 0 Å². The molecule has 0 radical (unpaired) electrons. The van der Waals surface area contributed by atoms with Gasteiger partial charge in [0.25, 0.3) is 0 Å². The Morgan fingerprint density at radius 3 is 3.08 bits per heavy atom. The third-order valence-corrected chi connectivity index (χ3v) is 2.02. The van der Waals surface area contributed by atoms with Crippen molar-refractivity contribution in [3.8, 4) is 0 Å². The minimum absolute atomic E-state index is 0.420. The molecule has 66 valence electrons. The molecule has 0 fully saturated rings. The number of nitrogens with zero attached hydrogens (tertiary/aromatic N) is 1. The molecule has 0 unspecified atom stereocenters. The third kappa shape index (κ3) is 1.40. The maximum Gasteiger partial charge on any atom is 0.333 e. The lowest BCUT2D eigenvalue weighted by Gasteiger charge is -2.23. The lowest BCUT2D eigenvalue weighted by atomic mass is 10.1. The number of carboxylic acids is 1. The Labute approximate surface area is 76.0 Å². The predicted octanol–water partition coefficient (Wildman–Crippen LogP) is 1.63. The van der Waals surface area contributed by atoms with Gasteiger partial charge in [-0.05, 0) is 12.2 Å². The molecule has 1 N–H and O–H groups in total. The first-order valence-corrected chi connectivity index (χ1v) is 4.05. The van der Waals surface area contributed by atoms with E-state index in [0.717, 1.165) is 5.70 Å². The van der Waals surface area contributed by atoms with Crippen molar-refractivity contribution in [3.05, 3.63) is 48.0 Å². The first kappa shape index (κ1) is 7.86. The fourth-order valence-corrected chi connectivity index (χ4v) is 1.34. The molecule has 0 saturated carbocycles. The number of hydrogen-bond donors (Lipinski definition) is 1. The number of allylic oxidation sites excluding steroid dienone is 4. The molecule has 0 aromatic rings. The lowest BCUT2D eigenvalue weighted by Crippen LogP contribution is -2.17. The first-order chi connectivity index (χ1) is 6.27. The van der Waals surface area contributed by atoms with Crippen LogP contribution < -0.4 is 0 Å². The highest BCUT2D eigenvalue weighted by atomic mass is 16.4. The van der Waals surface area contributed by atoms with E-state index in [9.17, 15) is 4.79 Å². The summed E-state index contributed by atoms with van der Waals surface area (Å²) in [5.41, 5.74) is 1.45. The van der Waals surface area contributed by atoms with Crippen LogP contribution >= 0.6 is 0 Å². The number of aliphatic carboxylic acids is 1. The Balaban J connectivity index is 2.27. The summed E-state index contributed by atoms with van der Waals surface area (Å²) in [4.78, 5) is 12.5. The molecule has 0 aromatic heterocycles. The first-order valence-electron chi connectivity index (χ1n) is 4.05. The van der Waals surface area contributed by atoms with Gasteiger partial charge in [0.15, 0.2) is 0 Å². The van der Waals surface area contributed by atoms with E-state index in [1.807, 2.05) is 35.4 Å². The summed E-state index contributed by atoms with van der Waals surface area (Å²) in [6, 6.07) is 0. The van der Waals surface area contributed by atoms with Crippen LogP contribution in [0.25, 0.3) is 0 Å². The monoisotopic (exact) mass is 175 g/mol. The van der Waals surface area contributed by atoms with Crippen molar-refractivity contribution < 1.29 is 9.90 Å². The number of hydrogen-bond acceptors (Lipinski definition) is 2. The number of rotatable bonds is 1. The average molecular weight is 175 g/mol. The van der Waals surface area contributed by atoms with Gasteiger partial charge in [-0.3, -0.25) is 0 Å². The molecule has 2 aliphatic heterocycles. The molecule has 2 aliphatic rings. The summed E-state index contributed by atoms with van der Waals surface area (Å²) < 4.78 is 0. The topological polar surface area (TPSA) is 40.5 Å². The van der Waals surface area contributed by atoms with Gasteiger partial charge < -0.3 is 10.0 Å². The van der Waals surface area contributed by atoms with E-state index < -0.39 is 5.97 Å². The molecule has 0 aromatic carbocycles. The minimum atomic E-state index is -0.849. The van der Waals surface area contributed by atoms with Crippen molar-refractivity contribution in [1.82, 2.24) is 4.90 Å². The van der Waals surface area contributed by atoms with Crippen LogP contribution in [-0.2, 0) is 4.79 Å². The van der Waals surface area contributed by atoms with Gasteiger partial charge in [0.05, 0.1) is 5.57 Å². The molecule has 2 heterocycles. The van der Waals surface area contributed by atoms with Gasteiger partial charge in [0.2, 0.25) is 0 Å². The molecular formula is C10H9NO2. The van der Waals surface area contributed by atoms with E-state index in [4.69, 9.17) is 5.11 Å². The molecule has 0 amide bonds. The molecule has 0 aliphatic carbocycles. The van der Waals surface area contributed by atoms with E-state index in [1.54, 1.807) is 6.20 Å². The quantitative estimate of drug-likeness (QED) is 0.658. The van der Waals surface area contributed by atoms with Gasteiger partial charge in [0.1, 0.15) is 0 Å². The molecular weight excluding hydrogens is 166 g/mol. The van der Waals surface area contributed by atoms with E-state index in [-0.39, 0.29) is 0 Å². The smallest absolute Gasteiger partial charge is 0.333 e. The Morgan fingerprint density at radius 2 is 2.31 bits per heavy atom. The zero-order valence-corrected chi connectivity index (χ0v) is 6.97. The van der Waals surface area contributed by atoms with Gasteiger partial charge >= 0.3 is 5.97 Å². The van der Waals surface area contributed by atoms with Crippen LogP contribution in [0.5, 0.6) is 0 Å². The molecule has 3 heteroatoms. The molecule has 0 saturated heterocycles. The fraction of sp³-hybridized carbons (Fsp3) is 0.100. The molecule has 0 spiro atoms. The maximum absolute atomic E-state index is 10.7. The zero-order chi connectivity index (χ0) is 9.26. The van der Waals surface area contributed by atoms with Crippen LogP contribution in [0.1, 0.15) is 6.42 Å². The molecule has 3 nitrogen and oxygen atoms in total. The Kier molecular flexibility index (Phi) is 1.77. The zero-order valence-electron chi connectivity index (χ0n) is 6.97. The molecule has 2 rings (SSSR count). The Hall–Kier alpha value is -1.77. The fourth-order valence-electron chi connectivity index (χ4n) is 1.34. The second-order valence-electron chi connectivity index (χ2n) is 2.90. The maximum atomic E-state index is 10.7. The summed E-state index contributed by atoms with van der Waals surface area (Å²) in [5.74, 6) is -0.849. The van der Waals surface area contributed by atoms with E-state index >= 15 is 0 Å². The molecule has 0 atom stereocenters. The summed E-state index contributed by atoms with van der Waals surface area (Å²) in [6.45, 7) is 0. The van der Waals surface area contributed by atoms with Crippen LogP contribution in [0, 0.1) is 0 Å². The van der Waals surface area contributed by atoms with Gasteiger partial charge in [-0.1, -0.05) is 12.2 Å². The summed E-state index contributed by atoms with van der Waals surface area (Å²) in [6.07, 6.45) is 11.7. The Bertz CT molecular complexity index is 361. The summed E-state index contributed by atoms with van der Waals surface area (Å²) in [7, 11) is 0. The van der Waals surface area contributed by atoms with Crippen molar-refractivity contribution in [2.75, 3.05) is 0 Å². The van der Waals surface area contributed by atoms with Gasteiger partial charge in [-0.15, -0.1) is 0 Å². The van der Waals surface area contributed by atoms with E-state index in [0.29, 0.717) is 12.0 Å². The van der Waals surface area contributed by atoms with Crippen molar-refractivity contribution in [2.24, 2.45) is 0 Å². The van der Waals surface area contributed by atoms with Gasteiger partial charge in [0, 0.05) is 24.5 Å². The SMILES string of the molecule is O=C(O)C1=CN2C=CC=CC2=CC1. The average Bonchev–Trinajstić information content (AvgIpc) is 2.17. The largest absolute Gasteiger partial charge is 0.478 e. The highest BCUT2D eigenvalue weighted by Crippen LogP contribution is 2.21. The van der Waals surface area contributed by atoms with Crippen LogP contribution in [-0.4, -0.2) is 16.0 Å². The van der Waals surface area contributed by atoms with Gasteiger partial charge in [-0.2, -0.15) is 0 Å². The number of carbonyl (C=O) groups is 1. The minimum Gasteiger partial charge on any atom is -0.478 e. The second kappa shape index (κ2) is 2.94. The number of fused-ring (bicyclic) bond motifs is 1. The van der Waals surface area contributed by atoms with Crippen molar-refractivity contribution in [3.63, 3.8) is 0 Å². The predicted molar refractivity (Wildman–Crippen MR) is 48.5 cm³/mol. The molecule has 13 heavy (non-hydrogen) atoms. The van der Waals surface area contributed by atoms with E-state index in [1.165, 1.54) is 0 Å². The highest BCUT2D eigenvalue weighted by molar-refractivity contribution is 5.87. The summed E-state index contributed by atoms with van der Waals surface area (Å²) >= 11 is 0. The third-order valence-electron chi connectivity index (χ3n) is 2.02. The van der Waals surface area contributed by atoms with Crippen molar-refractivity contribution in [2.45, 2.75) is 6.42 Å². The second-order valence-corrected chi connectivity index (χ2v) is 2.90. The highest BCUT2D eigenvalue weighted by Gasteiger charge is 2.15.